The fourth-order valence-electron chi connectivity index (χ4n) is 6.70. The van der Waals surface area contributed by atoms with Crippen molar-refractivity contribution in [3.05, 3.63) is 119 Å². The van der Waals surface area contributed by atoms with Gasteiger partial charge >= 0.3 is 0 Å². The first kappa shape index (κ1) is 57.9. The van der Waals surface area contributed by atoms with Crippen LogP contribution in [0.3, 0.4) is 0 Å². The van der Waals surface area contributed by atoms with Gasteiger partial charge in [-0.05, 0) is 148 Å². The monoisotopic (exact) mass is 983 g/mol. The lowest BCUT2D eigenvalue weighted by Crippen LogP contribution is -2.19. The number of aliphatic hydroxyl groups excluding tert-OH is 2. The standard InChI is InChI=1S/C14H21NO2.C14H17NO2.C12H14O2.C7H6O2.C5H9Br.C2H3N.CH4/c2*15-8-7-14(16)12-5-2-6-13(9-12)17-10-11-3-1-4-11;13-8-11-5-2-6-12(7-11)14-9-10-3-1-4-10;8-5-6-2-1-3-7(9)4-6;6-4-5-2-1-3-5;1-2-3;/h2,5-6,9,11,14,16H,1,3-4,7-8,10,15H2;2,5-6,9,11,14,16H,1,3-4,7,10H2;2,5-8,10H,1,3-4,9H2;1-5,9H;5H,1-4H2;1H3;1H4. The van der Waals surface area contributed by atoms with Gasteiger partial charge in [0.25, 0.3) is 0 Å². The zero-order valence-corrected chi connectivity index (χ0v) is 40.1. The van der Waals surface area contributed by atoms with Gasteiger partial charge in [0.05, 0.1) is 50.6 Å². The molecule has 0 saturated heterocycles. The Kier molecular flexibility index (Phi) is 30.2. The van der Waals surface area contributed by atoms with E-state index in [0.717, 1.165) is 72.2 Å². The number of aliphatic hydroxyl groups is 2. The van der Waals surface area contributed by atoms with E-state index in [-0.39, 0.29) is 19.6 Å². The Bertz CT molecular complexity index is 2040. The molecule has 0 aromatic heterocycles. The summed E-state index contributed by atoms with van der Waals surface area (Å²) < 4.78 is 17.0. The Morgan fingerprint density at radius 1 is 0.642 bits per heavy atom. The van der Waals surface area contributed by atoms with E-state index in [1.165, 1.54) is 101 Å². The number of carbonyl (C=O) groups is 2. The molecule has 2 unspecified atom stereocenters. The number of phenols is 1. The number of ether oxygens (including phenoxy) is 3. The zero-order chi connectivity index (χ0) is 47.8. The molecule has 364 valence electrons. The number of nitriles is 2. The summed E-state index contributed by atoms with van der Waals surface area (Å²) in [5.41, 5.74) is 8.25. The molecule has 4 aromatic carbocycles. The average Bonchev–Trinajstić information content (AvgIpc) is 3.26. The number of aldehydes is 2. The van der Waals surface area contributed by atoms with Crippen molar-refractivity contribution in [2.45, 2.75) is 116 Å². The van der Waals surface area contributed by atoms with E-state index in [9.17, 15) is 19.8 Å². The summed E-state index contributed by atoms with van der Waals surface area (Å²) >= 11 is 3.43. The van der Waals surface area contributed by atoms with Crippen LogP contribution in [0.5, 0.6) is 23.0 Å². The number of nitrogens with two attached hydrogens (primary N) is 1. The summed E-state index contributed by atoms with van der Waals surface area (Å²) in [6.45, 7) is 4.28. The molecular formula is C55H74BrN3O8. The van der Waals surface area contributed by atoms with Crippen LogP contribution in [-0.4, -0.2) is 59.6 Å². The number of nitrogens with zero attached hydrogens (tertiary/aromatic N) is 2. The van der Waals surface area contributed by atoms with Crippen LogP contribution in [0.2, 0.25) is 0 Å². The Balaban J connectivity index is 0.000000292. The summed E-state index contributed by atoms with van der Waals surface area (Å²) in [6, 6.07) is 32.3. The van der Waals surface area contributed by atoms with Gasteiger partial charge in [-0.3, -0.25) is 9.59 Å². The van der Waals surface area contributed by atoms with E-state index in [2.05, 4.69) is 15.9 Å². The normalized spacial score (nSPS) is 15.5. The van der Waals surface area contributed by atoms with Crippen LogP contribution >= 0.6 is 15.9 Å². The average molecular weight is 985 g/mol. The number of alkyl halides is 1. The summed E-state index contributed by atoms with van der Waals surface area (Å²) in [6.07, 6.45) is 17.1. The summed E-state index contributed by atoms with van der Waals surface area (Å²) in [5, 5.41) is 45.4. The second kappa shape index (κ2) is 35.0. The third-order valence-corrected chi connectivity index (χ3v) is 12.7. The van der Waals surface area contributed by atoms with E-state index in [1.54, 1.807) is 30.3 Å². The van der Waals surface area contributed by atoms with Gasteiger partial charge in [0.2, 0.25) is 0 Å². The van der Waals surface area contributed by atoms with Crippen molar-refractivity contribution < 1.29 is 39.1 Å². The third kappa shape index (κ3) is 23.9. The molecule has 0 spiro atoms. The maximum absolute atomic E-state index is 10.5. The molecule has 67 heavy (non-hydrogen) atoms. The molecule has 0 aliphatic heterocycles. The maximum Gasteiger partial charge on any atom is 0.150 e. The van der Waals surface area contributed by atoms with Gasteiger partial charge < -0.3 is 35.3 Å². The van der Waals surface area contributed by atoms with Crippen LogP contribution in [0.4, 0.5) is 0 Å². The molecule has 5 N–H and O–H groups in total. The molecule has 0 radical (unpaired) electrons. The van der Waals surface area contributed by atoms with Crippen molar-refractivity contribution in [1.82, 2.24) is 0 Å². The first-order valence-electron chi connectivity index (χ1n) is 23.3. The smallest absolute Gasteiger partial charge is 0.150 e. The highest BCUT2D eigenvalue weighted by atomic mass is 79.9. The lowest BCUT2D eigenvalue weighted by atomic mass is 9.86. The van der Waals surface area contributed by atoms with Gasteiger partial charge in [0, 0.05) is 23.4 Å². The zero-order valence-electron chi connectivity index (χ0n) is 38.5. The van der Waals surface area contributed by atoms with Crippen LogP contribution in [0.25, 0.3) is 0 Å². The van der Waals surface area contributed by atoms with Crippen LogP contribution in [-0.2, 0) is 0 Å². The van der Waals surface area contributed by atoms with Crippen molar-refractivity contribution >= 4 is 28.5 Å². The number of hydrogen-bond donors (Lipinski definition) is 4. The summed E-state index contributed by atoms with van der Waals surface area (Å²) in [7, 11) is 0. The second-order valence-corrected chi connectivity index (χ2v) is 17.7. The summed E-state index contributed by atoms with van der Waals surface area (Å²) in [4.78, 5) is 20.6. The van der Waals surface area contributed by atoms with Crippen molar-refractivity contribution in [2.75, 3.05) is 31.7 Å². The molecule has 12 heteroatoms. The van der Waals surface area contributed by atoms with E-state index >= 15 is 0 Å². The molecule has 4 saturated carbocycles. The van der Waals surface area contributed by atoms with Crippen molar-refractivity contribution in [2.24, 2.45) is 29.4 Å². The molecule has 8 rings (SSSR count). The van der Waals surface area contributed by atoms with E-state index in [0.29, 0.717) is 36.3 Å². The van der Waals surface area contributed by atoms with Gasteiger partial charge in [-0.15, -0.1) is 0 Å². The molecule has 4 aromatic rings. The molecule has 0 heterocycles. The van der Waals surface area contributed by atoms with Gasteiger partial charge in [-0.25, -0.2) is 0 Å². The third-order valence-electron chi connectivity index (χ3n) is 11.8. The van der Waals surface area contributed by atoms with Crippen LogP contribution < -0.4 is 19.9 Å². The number of rotatable bonds is 17. The molecule has 11 nitrogen and oxygen atoms in total. The molecule has 0 bridgehead atoms. The topological polar surface area (TPSA) is 196 Å². The number of phenolic OH excluding ortho intramolecular Hbond substituents is 1. The van der Waals surface area contributed by atoms with Gasteiger partial charge in [0.15, 0.2) is 0 Å². The maximum atomic E-state index is 10.5. The minimum Gasteiger partial charge on any atom is -0.508 e. The van der Waals surface area contributed by atoms with E-state index in [4.69, 9.17) is 35.6 Å². The summed E-state index contributed by atoms with van der Waals surface area (Å²) in [5.74, 6) is 5.76. The number of hydrogen-bond acceptors (Lipinski definition) is 11. The predicted octanol–water partition coefficient (Wildman–Crippen LogP) is 12.3. The Hall–Kier alpha value is -5.24. The Morgan fingerprint density at radius 3 is 1.36 bits per heavy atom. The minimum atomic E-state index is -0.716. The first-order valence-corrected chi connectivity index (χ1v) is 24.4. The van der Waals surface area contributed by atoms with Crippen molar-refractivity contribution in [1.29, 1.82) is 10.5 Å². The number of carbonyl (C=O) groups excluding carboxylic acids is 2. The van der Waals surface area contributed by atoms with Crippen molar-refractivity contribution in [3.8, 4) is 35.1 Å². The Labute approximate surface area is 408 Å². The minimum absolute atomic E-state index is 0. The number of benzene rings is 4. The van der Waals surface area contributed by atoms with Crippen LogP contribution in [0, 0.1) is 46.3 Å². The highest BCUT2D eigenvalue weighted by Crippen LogP contribution is 2.30. The molecule has 0 amide bonds. The molecule has 4 fully saturated rings. The highest BCUT2D eigenvalue weighted by molar-refractivity contribution is 9.09. The van der Waals surface area contributed by atoms with Crippen LogP contribution in [0.15, 0.2) is 97.1 Å². The Morgan fingerprint density at radius 2 is 1.03 bits per heavy atom. The van der Waals surface area contributed by atoms with E-state index in [1.807, 2.05) is 66.7 Å². The molecule has 2 atom stereocenters. The van der Waals surface area contributed by atoms with Crippen LogP contribution in [0.1, 0.15) is 148 Å². The van der Waals surface area contributed by atoms with E-state index < -0.39 is 12.2 Å². The highest BCUT2D eigenvalue weighted by Gasteiger charge is 2.20. The van der Waals surface area contributed by atoms with Gasteiger partial charge in [0.1, 0.15) is 35.6 Å². The van der Waals surface area contributed by atoms with Gasteiger partial charge in [-0.1, -0.05) is 97.6 Å². The lowest BCUT2D eigenvalue weighted by Gasteiger charge is -2.25. The molecular weight excluding hydrogens is 911 g/mol. The number of aromatic hydroxyl groups is 1. The quantitative estimate of drug-likeness (QED) is 0.0580. The predicted molar refractivity (Wildman–Crippen MR) is 270 cm³/mol. The first-order chi connectivity index (χ1) is 32.1. The molecule has 4 aliphatic rings. The molecule has 4 aliphatic carbocycles. The number of halogens is 1. The lowest BCUT2D eigenvalue weighted by molar-refractivity contribution is 0.111. The van der Waals surface area contributed by atoms with Gasteiger partial charge in [-0.2, -0.15) is 10.5 Å². The largest absolute Gasteiger partial charge is 0.508 e. The SMILES string of the molecule is BrCC1CCC1.C.CC#N.N#CCC(O)c1cccc(OCC2CCC2)c1.NCCC(O)c1cccc(OCC2CCC2)c1.O=Cc1cccc(O)c1.O=Cc1cccc(OCC2CCC2)c1. The fraction of sp³-hybridized carbons (Fsp3) is 0.491. The fourth-order valence-corrected chi connectivity index (χ4v) is 7.34. The van der Waals surface area contributed by atoms with Crippen molar-refractivity contribution in [3.63, 3.8) is 0 Å². The second-order valence-electron chi connectivity index (χ2n) is 17.0.